The minimum Gasteiger partial charge on any atom is -0.302 e. The largest absolute Gasteiger partial charge is 0.302 e. The van der Waals surface area contributed by atoms with Crippen LogP contribution in [0, 0.1) is 15.9 Å². The third-order valence-electron chi connectivity index (χ3n) is 5.54. The van der Waals surface area contributed by atoms with Gasteiger partial charge in [-0.05, 0) is 29.8 Å². The van der Waals surface area contributed by atoms with Crippen LogP contribution in [0.2, 0.25) is 0 Å². The molecule has 3 aromatic rings. The minimum absolute atomic E-state index is 0.0889. The molecule has 1 fully saturated rings. The summed E-state index contributed by atoms with van der Waals surface area (Å²) in [4.78, 5) is 31.8. The van der Waals surface area contributed by atoms with Crippen LogP contribution in [-0.4, -0.2) is 58.3 Å². The third-order valence-corrected chi connectivity index (χ3v) is 6.30. The highest BCUT2D eigenvalue weighted by molar-refractivity contribution is 7.14. The van der Waals surface area contributed by atoms with Gasteiger partial charge in [0.2, 0.25) is 5.91 Å². The lowest BCUT2D eigenvalue weighted by atomic mass is 10.1. The monoisotopic (exact) mass is 469 g/mol. The van der Waals surface area contributed by atoms with Gasteiger partial charge in [0, 0.05) is 68.8 Å². The Labute approximate surface area is 194 Å². The molecule has 1 aliphatic heterocycles. The lowest BCUT2D eigenvalue weighted by Crippen LogP contribution is -2.46. The Balaban J connectivity index is 1.19. The minimum atomic E-state index is -0.373. The van der Waals surface area contributed by atoms with E-state index in [0.29, 0.717) is 30.3 Å². The van der Waals surface area contributed by atoms with Crippen LogP contribution in [0.5, 0.6) is 0 Å². The Morgan fingerprint density at radius 1 is 1.12 bits per heavy atom. The summed E-state index contributed by atoms with van der Waals surface area (Å²) in [7, 11) is 0. The van der Waals surface area contributed by atoms with Crippen molar-refractivity contribution >= 4 is 28.1 Å². The summed E-state index contributed by atoms with van der Waals surface area (Å²) in [6.07, 6.45) is 0.371. The zero-order chi connectivity index (χ0) is 23.2. The van der Waals surface area contributed by atoms with Crippen LogP contribution in [0.1, 0.15) is 12.0 Å². The van der Waals surface area contributed by atoms with Crippen molar-refractivity contribution in [1.82, 2.24) is 14.8 Å². The second kappa shape index (κ2) is 10.6. The Morgan fingerprint density at radius 2 is 1.85 bits per heavy atom. The van der Waals surface area contributed by atoms with E-state index in [4.69, 9.17) is 0 Å². The molecule has 1 aliphatic rings. The van der Waals surface area contributed by atoms with Crippen molar-refractivity contribution in [2.24, 2.45) is 0 Å². The third kappa shape index (κ3) is 6.41. The number of thiazole rings is 1. The van der Waals surface area contributed by atoms with Gasteiger partial charge in [-0.2, -0.15) is 0 Å². The maximum Gasteiger partial charge on any atom is 0.269 e. The molecule has 0 saturated carbocycles. The van der Waals surface area contributed by atoms with Gasteiger partial charge < -0.3 is 10.2 Å². The zero-order valence-corrected chi connectivity index (χ0v) is 18.8. The van der Waals surface area contributed by atoms with Crippen LogP contribution in [-0.2, 0) is 11.3 Å². The highest BCUT2D eigenvalue weighted by Crippen LogP contribution is 2.25. The maximum atomic E-state index is 13.1. The fourth-order valence-electron chi connectivity index (χ4n) is 3.72. The number of nitrogens with one attached hydrogen (secondary N) is 1. The first-order valence-corrected chi connectivity index (χ1v) is 11.5. The highest BCUT2D eigenvalue weighted by atomic mass is 32.1. The number of nitro benzene ring substituents is 1. The second-order valence-corrected chi connectivity index (χ2v) is 8.75. The number of aromatic nitrogens is 1. The fourth-order valence-corrected chi connectivity index (χ4v) is 4.46. The highest BCUT2D eigenvalue weighted by Gasteiger charge is 2.19. The van der Waals surface area contributed by atoms with E-state index in [0.717, 1.165) is 37.3 Å². The molecule has 0 spiro atoms. The van der Waals surface area contributed by atoms with Crippen LogP contribution in [0.4, 0.5) is 15.2 Å². The second-order valence-electron chi connectivity index (χ2n) is 7.89. The number of benzene rings is 2. The van der Waals surface area contributed by atoms with E-state index < -0.39 is 0 Å². The Morgan fingerprint density at radius 3 is 2.58 bits per heavy atom. The van der Waals surface area contributed by atoms with E-state index in [-0.39, 0.29) is 22.3 Å². The van der Waals surface area contributed by atoms with Gasteiger partial charge in [0.25, 0.3) is 5.69 Å². The quantitative estimate of drug-likeness (QED) is 0.396. The molecule has 2 aromatic carbocycles. The SMILES string of the molecule is O=C(CCN1CCN(Cc2cccc([N+](=O)[O-])c2)CC1)Nc1nc(-c2ccc(F)cc2)cs1. The molecule has 1 N–H and O–H groups in total. The molecule has 0 aliphatic carbocycles. The number of carbonyl (C=O) groups is 1. The van der Waals surface area contributed by atoms with Gasteiger partial charge in [-0.3, -0.25) is 19.8 Å². The average molecular weight is 470 g/mol. The lowest BCUT2D eigenvalue weighted by molar-refractivity contribution is -0.384. The molecule has 172 valence electrons. The van der Waals surface area contributed by atoms with Crippen molar-refractivity contribution in [3.05, 3.63) is 75.4 Å². The number of carbonyl (C=O) groups excluding carboxylic acids is 1. The summed E-state index contributed by atoms with van der Waals surface area (Å²) >= 11 is 1.34. The summed E-state index contributed by atoms with van der Waals surface area (Å²) < 4.78 is 13.1. The van der Waals surface area contributed by atoms with E-state index in [9.17, 15) is 19.3 Å². The van der Waals surface area contributed by atoms with Gasteiger partial charge in [0.15, 0.2) is 5.13 Å². The molecule has 1 aromatic heterocycles. The molecule has 2 heterocycles. The molecule has 8 nitrogen and oxygen atoms in total. The molecular weight excluding hydrogens is 445 g/mol. The van der Waals surface area contributed by atoms with Gasteiger partial charge in [-0.15, -0.1) is 11.3 Å². The number of piperazine rings is 1. The topological polar surface area (TPSA) is 91.6 Å². The number of anilines is 1. The van der Waals surface area contributed by atoms with Crippen LogP contribution in [0.25, 0.3) is 11.3 Å². The maximum absolute atomic E-state index is 13.1. The van der Waals surface area contributed by atoms with Gasteiger partial charge in [-0.1, -0.05) is 12.1 Å². The molecule has 4 rings (SSSR count). The normalized spacial score (nSPS) is 14.8. The Bertz CT molecular complexity index is 1110. The number of halogens is 1. The van der Waals surface area contributed by atoms with Gasteiger partial charge >= 0.3 is 0 Å². The molecule has 0 unspecified atom stereocenters. The fraction of sp³-hybridized carbons (Fsp3) is 0.304. The van der Waals surface area contributed by atoms with Crippen LogP contribution in [0.15, 0.2) is 53.9 Å². The molecule has 0 bridgehead atoms. The van der Waals surface area contributed by atoms with Crippen LogP contribution < -0.4 is 5.32 Å². The standard InChI is InChI=1S/C23H24FN5O3S/c24-19-6-4-18(5-7-19)21-16-33-23(25-21)26-22(30)8-9-27-10-12-28(13-11-27)15-17-2-1-3-20(14-17)29(31)32/h1-7,14,16H,8-13,15H2,(H,25,26,30). The van der Waals surface area contributed by atoms with Crippen molar-refractivity contribution in [3.63, 3.8) is 0 Å². The number of hydrogen-bond acceptors (Lipinski definition) is 7. The first kappa shape index (κ1) is 23.0. The van der Waals surface area contributed by atoms with Crippen LogP contribution >= 0.6 is 11.3 Å². The number of hydrogen-bond donors (Lipinski definition) is 1. The van der Waals surface area contributed by atoms with E-state index >= 15 is 0 Å². The first-order valence-electron chi connectivity index (χ1n) is 10.7. The van der Waals surface area contributed by atoms with E-state index in [1.165, 1.54) is 29.5 Å². The zero-order valence-electron chi connectivity index (χ0n) is 17.9. The van der Waals surface area contributed by atoms with Crippen molar-refractivity contribution < 1.29 is 14.1 Å². The molecule has 0 atom stereocenters. The lowest BCUT2D eigenvalue weighted by Gasteiger charge is -2.34. The number of rotatable bonds is 8. The summed E-state index contributed by atoms with van der Waals surface area (Å²) in [5.74, 6) is -0.388. The number of amides is 1. The summed E-state index contributed by atoms with van der Waals surface area (Å²) in [6, 6.07) is 12.8. The molecule has 1 amide bonds. The molecule has 0 radical (unpaired) electrons. The average Bonchev–Trinajstić information content (AvgIpc) is 3.27. The van der Waals surface area contributed by atoms with Gasteiger partial charge in [-0.25, -0.2) is 9.37 Å². The van der Waals surface area contributed by atoms with E-state index in [1.807, 2.05) is 11.4 Å². The van der Waals surface area contributed by atoms with Crippen molar-refractivity contribution in [3.8, 4) is 11.3 Å². The predicted octanol–water partition coefficient (Wildman–Crippen LogP) is 4.00. The Kier molecular flexibility index (Phi) is 7.38. The van der Waals surface area contributed by atoms with Gasteiger partial charge in [0.1, 0.15) is 5.82 Å². The number of nitro groups is 1. The van der Waals surface area contributed by atoms with Crippen molar-refractivity contribution in [1.29, 1.82) is 0 Å². The summed E-state index contributed by atoms with van der Waals surface area (Å²) in [5.41, 5.74) is 2.55. The smallest absolute Gasteiger partial charge is 0.269 e. The van der Waals surface area contributed by atoms with Crippen molar-refractivity contribution in [2.75, 3.05) is 38.0 Å². The van der Waals surface area contributed by atoms with E-state index in [2.05, 4.69) is 20.1 Å². The molecule has 33 heavy (non-hydrogen) atoms. The summed E-state index contributed by atoms with van der Waals surface area (Å²) in [5, 5.41) is 16.2. The predicted molar refractivity (Wildman–Crippen MR) is 126 cm³/mol. The summed E-state index contributed by atoms with van der Waals surface area (Å²) in [6.45, 7) is 4.71. The number of nitrogens with zero attached hydrogens (tertiary/aromatic N) is 4. The Hall–Kier alpha value is -3.21. The first-order chi connectivity index (χ1) is 16.0. The van der Waals surface area contributed by atoms with Gasteiger partial charge in [0.05, 0.1) is 10.6 Å². The molecule has 1 saturated heterocycles. The molecule has 10 heteroatoms. The van der Waals surface area contributed by atoms with Crippen LogP contribution in [0.3, 0.4) is 0 Å². The van der Waals surface area contributed by atoms with Crippen molar-refractivity contribution in [2.45, 2.75) is 13.0 Å². The number of non-ortho nitro benzene ring substituents is 1. The molecular formula is C23H24FN5O3S. The van der Waals surface area contributed by atoms with E-state index in [1.54, 1.807) is 24.3 Å².